The molecule has 0 saturated heterocycles. The van der Waals surface area contributed by atoms with Gasteiger partial charge in [-0.2, -0.15) is 0 Å². The zero-order chi connectivity index (χ0) is 16.1. The van der Waals surface area contributed by atoms with Crippen molar-refractivity contribution < 1.29 is 14.3 Å². The number of halogens is 1. The smallest absolute Gasteiger partial charge is 0.265 e. The molecule has 22 heavy (non-hydrogen) atoms. The van der Waals surface area contributed by atoms with E-state index in [1.54, 1.807) is 26.2 Å². The van der Waals surface area contributed by atoms with E-state index in [2.05, 4.69) is 21.2 Å². The van der Waals surface area contributed by atoms with Crippen LogP contribution in [0, 0.1) is 6.92 Å². The highest BCUT2D eigenvalue weighted by atomic mass is 79.9. The van der Waals surface area contributed by atoms with E-state index in [1.165, 1.54) is 0 Å². The lowest BCUT2D eigenvalue weighted by atomic mass is 10.2. The van der Waals surface area contributed by atoms with Crippen molar-refractivity contribution in [3.05, 3.63) is 52.5 Å². The fourth-order valence-corrected chi connectivity index (χ4v) is 2.19. The molecule has 116 valence electrons. The van der Waals surface area contributed by atoms with Gasteiger partial charge in [0, 0.05) is 4.47 Å². The Morgan fingerprint density at radius 3 is 2.50 bits per heavy atom. The highest BCUT2D eigenvalue weighted by Crippen LogP contribution is 2.25. The molecule has 1 atom stereocenters. The molecule has 1 N–H and O–H groups in total. The molecule has 1 amide bonds. The first-order valence-corrected chi connectivity index (χ1v) is 7.66. The first-order valence-electron chi connectivity index (χ1n) is 6.87. The first-order chi connectivity index (χ1) is 10.5. The van der Waals surface area contributed by atoms with Crippen molar-refractivity contribution in [2.24, 2.45) is 0 Å². The van der Waals surface area contributed by atoms with E-state index >= 15 is 0 Å². The minimum Gasteiger partial charge on any atom is -0.495 e. The molecule has 0 fully saturated rings. The Morgan fingerprint density at radius 2 is 1.86 bits per heavy atom. The number of anilines is 1. The van der Waals surface area contributed by atoms with Gasteiger partial charge in [-0.25, -0.2) is 0 Å². The normalized spacial score (nSPS) is 11.6. The molecule has 5 heteroatoms. The van der Waals surface area contributed by atoms with Crippen LogP contribution >= 0.6 is 15.9 Å². The van der Waals surface area contributed by atoms with Gasteiger partial charge in [-0.15, -0.1) is 0 Å². The Hall–Kier alpha value is -2.01. The van der Waals surface area contributed by atoms with Crippen LogP contribution in [0.25, 0.3) is 0 Å². The van der Waals surface area contributed by atoms with Gasteiger partial charge in [-0.05, 0) is 55.8 Å². The molecule has 2 rings (SSSR count). The minimum atomic E-state index is -0.619. The molecule has 0 radical (unpaired) electrons. The van der Waals surface area contributed by atoms with Crippen LogP contribution < -0.4 is 14.8 Å². The third-order valence-electron chi connectivity index (χ3n) is 3.11. The van der Waals surface area contributed by atoms with E-state index in [1.807, 2.05) is 37.3 Å². The van der Waals surface area contributed by atoms with Crippen molar-refractivity contribution >= 4 is 27.5 Å². The van der Waals surface area contributed by atoms with Crippen LogP contribution in [0.4, 0.5) is 5.69 Å². The topological polar surface area (TPSA) is 47.6 Å². The van der Waals surface area contributed by atoms with Crippen LogP contribution in [0.2, 0.25) is 0 Å². The van der Waals surface area contributed by atoms with Crippen molar-refractivity contribution in [3.63, 3.8) is 0 Å². The highest BCUT2D eigenvalue weighted by Gasteiger charge is 2.16. The van der Waals surface area contributed by atoms with E-state index in [4.69, 9.17) is 9.47 Å². The van der Waals surface area contributed by atoms with Gasteiger partial charge in [0.2, 0.25) is 0 Å². The molecular formula is C17H18BrNO3. The first kappa shape index (κ1) is 16.4. The Balaban J connectivity index is 2.05. The zero-order valence-electron chi connectivity index (χ0n) is 12.7. The maximum atomic E-state index is 12.3. The third-order valence-corrected chi connectivity index (χ3v) is 3.64. The number of carbonyl (C=O) groups is 1. The largest absolute Gasteiger partial charge is 0.495 e. The number of rotatable bonds is 5. The van der Waals surface area contributed by atoms with Crippen molar-refractivity contribution in [2.75, 3.05) is 12.4 Å². The fourth-order valence-electron chi connectivity index (χ4n) is 1.92. The number of hydrogen-bond acceptors (Lipinski definition) is 3. The summed E-state index contributed by atoms with van der Waals surface area (Å²) >= 11 is 3.36. The lowest BCUT2D eigenvalue weighted by Crippen LogP contribution is -2.30. The van der Waals surface area contributed by atoms with Crippen LogP contribution in [0.15, 0.2) is 46.9 Å². The summed E-state index contributed by atoms with van der Waals surface area (Å²) in [5, 5.41) is 2.84. The summed E-state index contributed by atoms with van der Waals surface area (Å²) in [5.74, 6) is 1.03. The van der Waals surface area contributed by atoms with Crippen LogP contribution in [-0.2, 0) is 4.79 Å². The number of methoxy groups -OCH3 is 1. The van der Waals surface area contributed by atoms with Gasteiger partial charge >= 0.3 is 0 Å². The summed E-state index contributed by atoms with van der Waals surface area (Å²) in [6.45, 7) is 3.66. The number of nitrogens with one attached hydrogen (secondary N) is 1. The highest BCUT2D eigenvalue weighted by molar-refractivity contribution is 9.10. The van der Waals surface area contributed by atoms with E-state index < -0.39 is 6.10 Å². The lowest BCUT2D eigenvalue weighted by Gasteiger charge is -2.16. The number of carbonyl (C=O) groups excluding carboxylic acids is 1. The molecule has 2 aromatic rings. The van der Waals surface area contributed by atoms with Gasteiger partial charge in [0.1, 0.15) is 11.5 Å². The second-order valence-electron chi connectivity index (χ2n) is 4.91. The summed E-state index contributed by atoms with van der Waals surface area (Å²) < 4.78 is 11.8. The Kier molecular flexibility index (Phi) is 5.44. The monoisotopic (exact) mass is 363 g/mol. The molecule has 0 aromatic heterocycles. The Bertz CT molecular complexity index is 655. The second-order valence-corrected chi connectivity index (χ2v) is 5.82. The van der Waals surface area contributed by atoms with E-state index in [-0.39, 0.29) is 5.91 Å². The predicted molar refractivity (Wildman–Crippen MR) is 90.6 cm³/mol. The Labute approximate surface area is 138 Å². The van der Waals surface area contributed by atoms with E-state index in [9.17, 15) is 4.79 Å². The SMILES string of the molecule is COc1ccc(C)cc1NC(=O)[C@@H](C)Oc1ccc(Br)cc1. The average molecular weight is 364 g/mol. The molecule has 0 aliphatic carbocycles. The third kappa shape index (κ3) is 4.24. The van der Waals surface area contributed by atoms with Gasteiger partial charge < -0.3 is 14.8 Å². The number of hydrogen-bond donors (Lipinski definition) is 1. The van der Waals surface area contributed by atoms with Crippen LogP contribution in [0.5, 0.6) is 11.5 Å². The summed E-state index contributed by atoms with van der Waals surface area (Å²) in [7, 11) is 1.57. The maximum Gasteiger partial charge on any atom is 0.265 e. The predicted octanol–water partition coefficient (Wildman–Crippen LogP) is 4.17. The summed E-state index contributed by atoms with van der Waals surface area (Å²) in [6, 6.07) is 13.0. The van der Waals surface area contributed by atoms with Crippen LogP contribution in [0.3, 0.4) is 0 Å². The van der Waals surface area contributed by atoms with Gasteiger partial charge in [-0.1, -0.05) is 22.0 Å². The van der Waals surface area contributed by atoms with Crippen molar-refractivity contribution in [1.82, 2.24) is 0 Å². The van der Waals surface area contributed by atoms with Crippen molar-refractivity contribution in [3.8, 4) is 11.5 Å². The molecule has 2 aromatic carbocycles. The summed E-state index contributed by atoms with van der Waals surface area (Å²) in [6.07, 6.45) is -0.619. The van der Waals surface area contributed by atoms with Crippen molar-refractivity contribution in [1.29, 1.82) is 0 Å². The number of benzene rings is 2. The van der Waals surface area contributed by atoms with E-state index in [0.29, 0.717) is 17.2 Å². The molecule has 0 spiro atoms. The summed E-state index contributed by atoms with van der Waals surface area (Å²) in [4.78, 5) is 12.3. The lowest BCUT2D eigenvalue weighted by molar-refractivity contribution is -0.122. The molecular weight excluding hydrogens is 346 g/mol. The van der Waals surface area contributed by atoms with Crippen LogP contribution in [-0.4, -0.2) is 19.1 Å². The van der Waals surface area contributed by atoms with E-state index in [0.717, 1.165) is 10.0 Å². The molecule has 0 aliphatic heterocycles. The number of aryl methyl sites for hydroxylation is 1. The molecule has 0 unspecified atom stereocenters. The average Bonchev–Trinajstić information content (AvgIpc) is 2.49. The number of amides is 1. The van der Waals surface area contributed by atoms with Gasteiger partial charge in [-0.3, -0.25) is 4.79 Å². The minimum absolute atomic E-state index is 0.230. The van der Waals surface area contributed by atoms with Gasteiger partial charge in [0.25, 0.3) is 5.91 Å². The molecule has 4 nitrogen and oxygen atoms in total. The standard InChI is InChI=1S/C17H18BrNO3/c1-11-4-9-16(21-3)15(10-11)19-17(20)12(2)22-14-7-5-13(18)6-8-14/h4-10,12H,1-3H3,(H,19,20)/t12-/m1/s1. The summed E-state index contributed by atoms with van der Waals surface area (Å²) in [5.41, 5.74) is 1.68. The number of ether oxygens (including phenoxy) is 2. The van der Waals surface area contributed by atoms with Crippen LogP contribution in [0.1, 0.15) is 12.5 Å². The van der Waals surface area contributed by atoms with Gasteiger partial charge in [0.05, 0.1) is 12.8 Å². The maximum absolute atomic E-state index is 12.3. The van der Waals surface area contributed by atoms with Crippen molar-refractivity contribution in [2.45, 2.75) is 20.0 Å². The quantitative estimate of drug-likeness (QED) is 0.866. The molecule has 0 aliphatic rings. The second kappa shape index (κ2) is 7.31. The molecule has 0 heterocycles. The van der Waals surface area contributed by atoms with Gasteiger partial charge in [0.15, 0.2) is 6.10 Å². The molecule has 0 bridgehead atoms. The Morgan fingerprint density at radius 1 is 1.18 bits per heavy atom. The zero-order valence-corrected chi connectivity index (χ0v) is 14.3. The molecule has 0 saturated carbocycles. The fraction of sp³-hybridized carbons (Fsp3) is 0.235.